The first-order valence-electron chi connectivity index (χ1n) is 9.05. The van der Waals surface area contributed by atoms with Crippen LogP contribution in [0.25, 0.3) is 10.8 Å². The van der Waals surface area contributed by atoms with E-state index in [1.54, 1.807) is 12.4 Å². The minimum atomic E-state index is 0.332. The number of imidazole rings is 1. The summed E-state index contributed by atoms with van der Waals surface area (Å²) in [6.07, 6.45) is 6.29. The second-order valence-corrected chi connectivity index (χ2v) is 6.62. The number of H-pyrrole nitrogens is 1. The number of nitrogens with zero attached hydrogens (tertiary/aromatic N) is 4. The van der Waals surface area contributed by atoms with Gasteiger partial charge in [-0.3, -0.25) is 0 Å². The molecule has 0 bridgehead atoms. The molecule has 6 nitrogen and oxygen atoms in total. The number of nitrogens with one attached hydrogen (secondary N) is 1. The van der Waals surface area contributed by atoms with E-state index in [2.05, 4.69) is 67.3 Å². The van der Waals surface area contributed by atoms with Gasteiger partial charge in [-0.25, -0.2) is 9.97 Å². The molecule has 0 unspecified atom stereocenters. The molecule has 0 spiro atoms. The Hall–Kier alpha value is -3.41. The van der Waals surface area contributed by atoms with Gasteiger partial charge in [-0.05, 0) is 23.4 Å². The van der Waals surface area contributed by atoms with Gasteiger partial charge < -0.3 is 14.6 Å². The summed E-state index contributed by atoms with van der Waals surface area (Å²) in [4.78, 5) is 18.6. The molecule has 0 aliphatic carbocycles. The molecule has 0 atom stereocenters. The standard InChI is InChI=1S/C21H19N5O/c1-2-6-17-15(4-1)5-3-7-19(17)26-11-8-16-12-24-21(25-18(16)13-26)27-14-20-22-9-10-23-20/h1-7,9-10,12H,8,11,13-14H2,(H,22,23). The van der Waals surface area contributed by atoms with Crippen LogP contribution in [0.15, 0.2) is 61.1 Å². The number of aromatic nitrogens is 4. The summed E-state index contributed by atoms with van der Waals surface area (Å²) < 4.78 is 5.69. The van der Waals surface area contributed by atoms with E-state index in [0.717, 1.165) is 31.0 Å². The third kappa shape index (κ3) is 3.10. The molecule has 0 saturated heterocycles. The van der Waals surface area contributed by atoms with Crippen molar-refractivity contribution < 1.29 is 4.74 Å². The highest BCUT2D eigenvalue weighted by Gasteiger charge is 2.20. The van der Waals surface area contributed by atoms with Gasteiger partial charge in [0.25, 0.3) is 0 Å². The smallest absolute Gasteiger partial charge is 0.317 e. The zero-order valence-electron chi connectivity index (χ0n) is 14.8. The monoisotopic (exact) mass is 357 g/mol. The van der Waals surface area contributed by atoms with Crippen LogP contribution in [0, 0.1) is 0 Å². The maximum absolute atomic E-state index is 5.69. The van der Waals surface area contributed by atoms with Crippen molar-refractivity contribution in [2.24, 2.45) is 0 Å². The van der Waals surface area contributed by atoms with Crippen molar-refractivity contribution in [1.29, 1.82) is 0 Å². The Morgan fingerprint density at radius 2 is 2.00 bits per heavy atom. The number of hydrogen-bond acceptors (Lipinski definition) is 5. The Kier molecular flexibility index (Phi) is 3.93. The highest BCUT2D eigenvalue weighted by Crippen LogP contribution is 2.30. The molecule has 3 heterocycles. The van der Waals surface area contributed by atoms with E-state index in [0.29, 0.717) is 12.6 Å². The van der Waals surface area contributed by atoms with Gasteiger partial charge >= 0.3 is 6.01 Å². The van der Waals surface area contributed by atoms with Gasteiger partial charge in [-0.1, -0.05) is 36.4 Å². The van der Waals surface area contributed by atoms with Gasteiger partial charge in [0.05, 0.1) is 12.2 Å². The summed E-state index contributed by atoms with van der Waals surface area (Å²) >= 11 is 0. The Balaban J connectivity index is 1.40. The Bertz CT molecular complexity index is 1070. The fraction of sp³-hybridized carbons (Fsp3) is 0.190. The van der Waals surface area contributed by atoms with E-state index in [4.69, 9.17) is 4.74 Å². The fourth-order valence-electron chi connectivity index (χ4n) is 3.55. The van der Waals surface area contributed by atoms with Gasteiger partial charge in [-0.2, -0.15) is 4.98 Å². The van der Waals surface area contributed by atoms with E-state index in [-0.39, 0.29) is 0 Å². The second kappa shape index (κ2) is 6.72. The van der Waals surface area contributed by atoms with Crippen LogP contribution >= 0.6 is 0 Å². The molecular formula is C21H19N5O. The summed E-state index contributed by atoms with van der Waals surface area (Å²) in [6, 6.07) is 15.3. The van der Waals surface area contributed by atoms with Crippen molar-refractivity contribution >= 4 is 16.5 Å². The van der Waals surface area contributed by atoms with Crippen LogP contribution in [0.2, 0.25) is 0 Å². The number of rotatable bonds is 4. The first-order valence-corrected chi connectivity index (χ1v) is 9.05. The fourth-order valence-corrected chi connectivity index (χ4v) is 3.55. The van der Waals surface area contributed by atoms with Crippen molar-refractivity contribution in [1.82, 2.24) is 19.9 Å². The van der Waals surface area contributed by atoms with Gasteiger partial charge in [0, 0.05) is 36.2 Å². The van der Waals surface area contributed by atoms with Crippen LogP contribution in [0.3, 0.4) is 0 Å². The SMILES string of the molecule is c1ccc2c(N3CCc4cnc(OCc5ncc[nH]5)nc4C3)cccc2c1. The van der Waals surface area contributed by atoms with E-state index in [1.807, 2.05) is 6.20 Å². The summed E-state index contributed by atoms with van der Waals surface area (Å²) in [5.74, 6) is 0.758. The molecule has 1 aliphatic heterocycles. The van der Waals surface area contributed by atoms with Crippen LogP contribution in [0.1, 0.15) is 17.1 Å². The lowest BCUT2D eigenvalue weighted by Crippen LogP contribution is -2.31. The predicted octanol–water partition coefficient (Wildman–Crippen LogP) is 3.49. The molecule has 1 aliphatic rings. The summed E-state index contributed by atoms with van der Waals surface area (Å²) in [6.45, 7) is 2.04. The largest absolute Gasteiger partial charge is 0.455 e. The number of fused-ring (bicyclic) bond motifs is 2. The average Bonchev–Trinajstić information content (AvgIpc) is 3.25. The number of benzene rings is 2. The molecule has 27 heavy (non-hydrogen) atoms. The van der Waals surface area contributed by atoms with Crippen molar-refractivity contribution in [2.45, 2.75) is 19.6 Å². The number of aromatic amines is 1. The molecule has 4 aromatic rings. The van der Waals surface area contributed by atoms with Crippen LogP contribution in [0.5, 0.6) is 6.01 Å². The molecule has 0 amide bonds. The van der Waals surface area contributed by atoms with Crippen molar-refractivity contribution in [3.05, 3.63) is 78.1 Å². The molecule has 5 rings (SSSR count). The van der Waals surface area contributed by atoms with E-state index in [1.165, 1.54) is 22.0 Å². The molecule has 0 fully saturated rings. The molecule has 0 saturated carbocycles. The number of anilines is 1. The van der Waals surface area contributed by atoms with Gasteiger partial charge in [-0.15, -0.1) is 0 Å². The predicted molar refractivity (Wildman–Crippen MR) is 104 cm³/mol. The first kappa shape index (κ1) is 15.8. The third-order valence-corrected chi connectivity index (χ3v) is 4.92. The Morgan fingerprint density at radius 3 is 2.93 bits per heavy atom. The maximum atomic E-state index is 5.69. The maximum Gasteiger partial charge on any atom is 0.317 e. The molecule has 2 aromatic carbocycles. The highest BCUT2D eigenvalue weighted by atomic mass is 16.5. The highest BCUT2D eigenvalue weighted by molar-refractivity contribution is 5.94. The van der Waals surface area contributed by atoms with E-state index < -0.39 is 0 Å². The molecular weight excluding hydrogens is 338 g/mol. The van der Waals surface area contributed by atoms with Crippen molar-refractivity contribution in [3.8, 4) is 6.01 Å². The van der Waals surface area contributed by atoms with E-state index in [9.17, 15) is 0 Å². The van der Waals surface area contributed by atoms with Crippen LogP contribution in [-0.4, -0.2) is 26.5 Å². The normalized spacial score (nSPS) is 13.6. The Labute approximate surface area is 156 Å². The minimum absolute atomic E-state index is 0.332. The Morgan fingerprint density at radius 1 is 1.07 bits per heavy atom. The zero-order chi connectivity index (χ0) is 18.1. The molecule has 6 heteroatoms. The zero-order valence-corrected chi connectivity index (χ0v) is 14.8. The van der Waals surface area contributed by atoms with Crippen LogP contribution < -0.4 is 9.64 Å². The second-order valence-electron chi connectivity index (χ2n) is 6.62. The summed E-state index contributed by atoms with van der Waals surface area (Å²) in [5, 5.41) is 2.53. The van der Waals surface area contributed by atoms with Gasteiger partial charge in [0.15, 0.2) is 0 Å². The van der Waals surface area contributed by atoms with Crippen LogP contribution in [0.4, 0.5) is 5.69 Å². The molecule has 134 valence electrons. The van der Waals surface area contributed by atoms with Crippen LogP contribution in [-0.2, 0) is 19.6 Å². The lowest BCUT2D eigenvalue weighted by Gasteiger charge is -2.30. The molecule has 0 radical (unpaired) electrons. The quantitative estimate of drug-likeness (QED) is 0.605. The third-order valence-electron chi connectivity index (χ3n) is 4.92. The number of ether oxygens (including phenoxy) is 1. The van der Waals surface area contributed by atoms with Crippen molar-refractivity contribution in [3.63, 3.8) is 0 Å². The summed E-state index contributed by atoms with van der Waals surface area (Å²) in [5.41, 5.74) is 3.46. The van der Waals surface area contributed by atoms with Gasteiger partial charge in [0.2, 0.25) is 0 Å². The van der Waals surface area contributed by atoms with Gasteiger partial charge in [0.1, 0.15) is 12.4 Å². The molecule has 2 aromatic heterocycles. The minimum Gasteiger partial charge on any atom is -0.455 e. The lowest BCUT2D eigenvalue weighted by molar-refractivity contribution is 0.271. The lowest BCUT2D eigenvalue weighted by atomic mass is 10.0. The summed E-state index contributed by atoms with van der Waals surface area (Å²) in [7, 11) is 0. The van der Waals surface area contributed by atoms with E-state index >= 15 is 0 Å². The topological polar surface area (TPSA) is 66.9 Å². The average molecular weight is 357 g/mol. The van der Waals surface area contributed by atoms with Crippen molar-refractivity contribution in [2.75, 3.05) is 11.4 Å². The molecule has 1 N–H and O–H groups in total. The number of hydrogen-bond donors (Lipinski definition) is 1. The first-order chi connectivity index (χ1) is 13.4.